The lowest BCUT2D eigenvalue weighted by Gasteiger charge is -2.14. The Morgan fingerprint density at radius 1 is 0.478 bits per heavy atom. The number of rotatable bonds is 0. The van der Waals surface area contributed by atoms with E-state index in [0.717, 1.165) is 78.2 Å². The normalized spacial score (nSPS) is 35.2. The Labute approximate surface area is 286 Å². The van der Waals surface area contributed by atoms with Crippen LogP contribution in [0.15, 0.2) is 109 Å². The minimum Gasteiger partial charge on any atom is -0.198 e. The van der Waals surface area contributed by atoms with Crippen molar-refractivity contribution in [3.05, 3.63) is 120 Å². The molecule has 2 aliphatic rings. The third-order valence-corrected chi connectivity index (χ3v) is 8.20. The van der Waals surface area contributed by atoms with Gasteiger partial charge in [0.1, 0.15) is 0 Å². The van der Waals surface area contributed by atoms with Gasteiger partial charge in [-0.25, -0.2) is 0 Å². The Morgan fingerprint density at radius 3 is 1.26 bits per heavy atom. The maximum atomic E-state index is 9.49. The van der Waals surface area contributed by atoms with Gasteiger partial charge in [-0.15, -0.1) is 0 Å². The van der Waals surface area contributed by atoms with Gasteiger partial charge in [-0.1, -0.05) is 109 Å². The number of hydrogen-bond donors (Lipinski definition) is 0. The van der Waals surface area contributed by atoms with Crippen LogP contribution in [0.5, 0.6) is 0 Å². The molecule has 0 aromatic heterocycles. The van der Waals surface area contributed by atoms with E-state index >= 15 is 0 Å². The van der Waals surface area contributed by atoms with Crippen molar-refractivity contribution in [1.82, 2.24) is 0 Å². The summed E-state index contributed by atoms with van der Waals surface area (Å²) in [4.78, 5) is 0. The van der Waals surface area contributed by atoms with E-state index in [1.165, 1.54) is 12.1 Å². The molecule has 0 heterocycles. The second kappa shape index (κ2) is 11.6. The van der Waals surface area contributed by atoms with Gasteiger partial charge in [0.25, 0.3) is 0 Å². The quantitative estimate of drug-likeness (QED) is 0.0992. The second-order valence-electron chi connectivity index (χ2n) is 11.0. The number of fused-ring (bicyclic) bond motifs is 9. The first kappa shape index (κ1) is 17.6. The zero-order chi connectivity index (χ0) is 41.9. The van der Waals surface area contributed by atoms with E-state index < -0.39 is 49.1 Å². The van der Waals surface area contributed by atoms with E-state index in [9.17, 15) is 10.5 Å². The Morgan fingerprint density at radius 2 is 0.826 bits per heavy atom. The number of nitriles is 2. The molecule has 2 nitrogen and oxygen atoms in total. The highest BCUT2D eigenvalue weighted by atomic mass is 14.3. The van der Waals surface area contributed by atoms with E-state index in [-0.39, 0.29) is 0 Å². The molecule has 6 aromatic rings. The van der Waals surface area contributed by atoms with Gasteiger partial charge in [0.05, 0.1) is 26.7 Å². The molecule has 4 atom stereocenters. The van der Waals surface area contributed by atoms with Gasteiger partial charge >= 0.3 is 0 Å². The van der Waals surface area contributed by atoms with Crippen LogP contribution in [0, 0.1) is 69.9 Å². The van der Waals surface area contributed by atoms with Crippen LogP contribution in [-0.4, -0.2) is 0 Å². The Balaban J connectivity index is 1.33. The molecule has 8 rings (SSSR count). The summed E-state index contributed by atoms with van der Waals surface area (Å²) < 4.78 is 102. The third-order valence-electron chi connectivity index (χ3n) is 8.20. The minimum atomic E-state index is -3.04. The molecule has 6 aromatic carbocycles. The summed E-state index contributed by atoms with van der Waals surface area (Å²) in [6.45, 7) is 0. The molecule has 0 radical (unpaired) electrons. The van der Waals surface area contributed by atoms with E-state index in [1.54, 1.807) is 12.1 Å². The number of hydrogen-bond acceptors (Lipinski definition) is 2. The molecule has 0 N–H and O–H groups in total. The van der Waals surface area contributed by atoms with Gasteiger partial charge in [-0.05, 0) is 104 Å². The van der Waals surface area contributed by atoms with Gasteiger partial charge in [0, 0.05) is 36.6 Å². The molecular weight excluding hydrogens is 556 g/mol. The van der Waals surface area contributed by atoms with Crippen LogP contribution in [0.4, 0.5) is 0 Å². The fourth-order valence-corrected chi connectivity index (χ4v) is 5.98. The molecule has 2 aliphatic carbocycles. The van der Waals surface area contributed by atoms with E-state index in [1.807, 2.05) is 72.8 Å². The van der Waals surface area contributed by atoms with Crippen molar-refractivity contribution in [2.24, 2.45) is 23.6 Å². The van der Waals surface area contributed by atoms with Crippen molar-refractivity contribution in [3.63, 3.8) is 0 Å². The molecule has 0 spiro atoms. The fourth-order valence-electron chi connectivity index (χ4n) is 5.98. The predicted molar refractivity (Wildman–Crippen MR) is 190 cm³/mol. The molecule has 0 saturated carbocycles. The highest BCUT2D eigenvalue weighted by Crippen LogP contribution is 2.40. The van der Waals surface area contributed by atoms with Gasteiger partial charge in [-0.2, -0.15) is 10.5 Å². The van der Waals surface area contributed by atoms with E-state index in [0.29, 0.717) is 11.1 Å². The summed E-state index contributed by atoms with van der Waals surface area (Å²) in [5.41, 5.74) is 0.864. The van der Waals surface area contributed by atoms with Crippen molar-refractivity contribution in [1.29, 1.82) is 10.5 Å². The minimum absolute atomic E-state index is 0.432. The Hall–Kier alpha value is -5.80. The highest BCUT2D eigenvalue weighted by Gasteiger charge is 2.15. The summed E-state index contributed by atoms with van der Waals surface area (Å²) in [5.74, 6) is 1.11. The van der Waals surface area contributed by atoms with Crippen molar-refractivity contribution >= 4 is 53.9 Å². The SMILES string of the molecule is [2H]C1(C#N)C=CC([2H])(C#Cc2ccc3ccc4ccc5ccc6ccc7ccc(C#CC8([2H])C=CC([2H])(C#N)C([2H])([2H])C8([2H])[2H])cc7c6c5c4c3c2)C([2H])([2H])C1([2H])[2H]. The van der Waals surface area contributed by atoms with Crippen molar-refractivity contribution < 1.29 is 16.4 Å². The van der Waals surface area contributed by atoms with E-state index in [2.05, 4.69) is 23.7 Å². The van der Waals surface area contributed by atoms with Crippen molar-refractivity contribution in [3.8, 4) is 35.8 Å². The lowest BCUT2D eigenvalue weighted by atomic mass is 9.89. The standard InChI is InChI=1S/C44H30N2/c45-27-33-9-3-29(4-10-33)1-7-31-13-15-35-17-19-37-21-23-39-24-22-38-20-18-36-16-14-32(8-2-30-5-11-34(28-46)12-6-30)26-41(36)43(38)44(39)42(37)40(35)25-31/h3,5,9,11,13-26,29-30,33-34H,4,6,10,12H2/i4D2,6D2,10D2,12D2,29D,30D,33D,34D. The Kier molecular flexibility index (Phi) is 4.45. The lowest BCUT2D eigenvalue weighted by molar-refractivity contribution is 0.580. The fraction of sp³-hybridized carbons (Fsp3) is 0.182. The van der Waals surface area contributed by atoms with Crippen LogP contribution in [0.1, 0.15) is 53.1 Å². The average molecular weight is 599 g/mol. The first-order chi connectivity index (χ1) is 27.1. The topological polar surface area (TPSA) is 47.6 Å². The van der Waals surface area contributed by atoms with Crippen LogP contribution in [0.25, 0.3) is 53.9 Å². The van der Waals surface area contributed by atoms with Gasteiger partial charge < -0.3 is 0 Å². The summed E-state index contributed by atoms with van der Waals surface area (Å²) in [6, 6.07) is 29.9. The average Bonchev–Trinajstić information content (AvgIpc) is 3.21. The van der Waals surface area contributed by atoms with Crippen LogP contribution in [-0.2, 0) is 0 Å². The largest absolute Gasteiger partial charge is 0.198 e. The molecule has 0 amide bonds. The first-order valence-electron chi connectivity index (χ1n) is 20.6. The van der Waals surface area contributed by atoms with Gasteiger partial charge in [0.2, 0.25) is 0 Å². The third kappa shape index (κ3) is 5.06. The lowest BCUT2D eigenvalue weighted by Crippen LogP contribution is -2.05. The van der Waals surface area contributed by atoms with E-state index in [4.69, 9.17) is 16.4 Å². The highest BCUT2D eigenvalue weighted by molar-refractivity contribution is 6.32. The number of benzene rings is 6. The Bertz CT molecular complexity index is 2880. The van der Waals surface area contributed by atoms with Crippen molar-refractivity contribution in [2.75, 3.05) is 0 Å². The molecule has 216 valence electrons. The smallest absolute Gasteiger partial charge is 0.0697 e. The first-order valence-corrected chi connectivity index (χ1v) is 14.6. The van der Waals surface area contributed by atoms with Crippen LogP contribution in [0.2, 0.25) is 0 Å². The van der Waals surface area contributed by atoms with Crippen molar-refractivity contribution in [2.45, 2.75) is 25.5 Å². The molecule has 0 saturated heterocycles. The predicted octanol–water partition coefficient (Wildman–Crippen LogP) is 10.4. The summed E-state index contributed by atoms with van der Waals surface area (Å²) >= 11 is 0. The van der Waals surface area contributed by atoms with Crippen LogP contribution < -0.4 is 0 Å². The molecule has 4 unspecified atom stereocenters. The zero-order valence-corrected chi connectivity index (χ0v) is 24.3. The van der Waals surface area contributed by atoms with Gasteiger partial charge in [0.15, 0.2) is 0 Å². The van der Waals surface area contributed by atoms with Crippen LogP contribution >= 0.6 is 0 Å². The van der Waals surface area contributed by atoms with Gasteiger partial charge in [-0.3, -0.25) is 0 Å². The summed E-state index contributed by atoms with van der Waals surface area (Å²) in [6.07, 6.45) is -8.34. The molecule has 2 heteroatoms. The second-order valence-corrected chi connectivity index (χ2v) is 11.0. The summed E-state index contributed by atoms with van der Waals surface area (Å²) in [7, 11) is 0. The molecule has 0 fully saturated rings. The number of nitrogens with zero attached hydrogens (tertiary/aromatic N) is 2. The number of allylic oxidation sites excluding steroid dienone is 4. The maximum Gasteiger partial charge on any atom is 0.0697 e. The molecule has 0 aliphatic heterocycles. The summed E-state index contributed by atoms with van der Waals surface area (Å²) in [5, 5.41) is 27.7. The van der Waals surface area contributed by atoms with Crippen LogP contribution in [0.3, 0.4) is 0 Å². The molecular formula is C44H30N2. The maximum absolute atomic E-state index is 9.49. The monoisotopic (exact) mass is 598 g/mol. The molecule has 0 bridgehead atoms. The zero-order valence-electron chi connectivity index (χ0n) is 36.3. The molecule has 46 heavy (non-hydrogen) atoms.